The molecule has 0 bridgehead atoms. The smallest absolute Gasteiger partial charge is 0.307 e. The Morgan fingerprint density at radius 3 is 2.09 bits per heavy atom. The number of carboxylic acids is 1. The maximum Gasteiger partial charge on any atom is 0.307 e. The van der Waals surface area contributed by atoms with Crippen molar-refractivity contribution < 1.29 is 9.90 Å². The summed E-state index contributed by atoms with van der Waals surface area (Å²) in [5, 5.41) is 8.60. The lowest BCUT2D eigenvalue weighted by Crippen LogP contribution is -2.46. The summed E-state index contributed by atoms with van der Waals surface area (Å²) >= 11 is 4.20. The fourth-order valence-electron chi connectivity index (χ4n) is 0.765. The van der Waals surface area contributed by atoms with Gasteiger partial charge in [-0.1, -0.05) is 6.92 Å². The molecule has 0 saturated carbocycles. The number of carboxylic acid groups (broad SMARTS) is 1. The first kappa shape index (κ1) is 10.8. The second kappa shape index (κ2) is 3.45. The fraction of sp³-hybridized carbons (Fsp3) is 0.857. The highest BCUT2D eigenvalue weighted by atomic mass is 32.1. The van der Waals surface area contributed by atoms with Gasteiger partial charge in [-0.2, -0.15) is 12.6 Å². The number of hydrogen-bond donors (Lipinski definition) is 3. The second-order valence-corrected chi connectivity index (χ2v) is 4.46. The number of hydrogen-bond acceptors (Lipinski definition) is 3. The maximum atomic E-state index is 10.5. The average molecular weight is 177 g/mol. The molecule has 0 rings (SSSR count). The Balaban J connectivity index is 4.25. The van der Waals surface area contributed by atoms with Crippen LogP contribution in [0.3, 0.4) is 0 Å². The van der Waals surface area contributed by atoms with Crippen molar-refractivity contribution in [1.82, 2.24) is 0 Å². The molecule has 0 aromatic rings. The number of aliphatic carboxylic acids is 1. The van der Waals surface area contributed by atoms with Gasteiger partial charge in [0, 0.05) is 10.8 Å². The van der Waals surface area contributed by atoms with Crippen molar-refractivity contribution in [1.29, 1.82) is 0 Å². The van der Waals surface area contributed by atoms with Crippen LogP contribution in [0.15, 0.2) is 0 Å². The first-order valence-corrected chi connectivity index (χ1v) is 3.92. The molecule has 0 spiro atoms. The highest BCUT2D eigenvalue weighted by Gasteiger charge is 2.30. The van der Waals surface area contributed by atoms with E-state index in [1.54, 1.807) is 20.8 Å². The molecule has 66 valence electrons. The van der Waals surface area contributed by atoms with Gasteiger partial charge in [0.1, 0.15) is 0 Å². The third-order valence-corrected chi connectivity index (χ3v) is 2.04. The lowest BCUT2D eigenvalue weighted by Gasteiger charge is -2.28. The van der Waals surface area contributed by atoms with Crippen LogP contribution >= 0.6 is 12.6 Å². The summed E-state index contributed by atoms with van der Waals surface area (Å²) in [6.07, 6.45) is 0. The van der Waals surface area contributed by atoms with Crippen molar-refractivity contribution in [3.05, 3.63) is 0 Å². The van der Waals surface area contributed by atoms with Crippen LogP contribution in [0.1, 0.15) is 20.8 Å². The Bertz CT molecular complexity index is 153. The number of nitrogens with two attached hydrogens (primary N) is 1. The summed E-state index contributed by atoms with van der Waals surface area (Å²) in [6.45, 7) is 5.20. The lowest BCUT2D eigenvalue weighted by molar-refractivity contribution is -0.142. The SMILES string of the molecule is CC(C(=O)O)[C@@H](N)C(C)(C)S. The van der Waals surface area contributed by atoms with E-state index in [4.69, 9.17) is 10.8 Å². The van der Waals surface area contributed by atoms with E-state index in [1.165, 1.54) is 0 Å². The highest BCUT2D eigenvalue weighted by molar-refractivity contribution is 7.81. The quantitative estimate of drug-likeness (QED) is 0.557. The Hall–Kier alpha value is -0.220. The van der Waals surface area contributed by atoms with Gasteiger partial charge in [-0.15, -0.1) is 0 Å². The van der Waals surface area contributed by atoms with E-state index in [1.807, 2.05) is 0 Å². The summed E-state index contributed by atoms with van der Waals surface area (Å²) in [5.41, 5.74) is 5.64. The molecule has 4 heteroatoms. The molecule has 11 heavy (non-hydrogen) atoms. The summed E-state index contributed by atoms with van der Waals surface area (Å²) in [7, 11) is 0. The topological polar surface area (TPSA) is 63.3 Å². The molecule has 3 nitrogen and oxygen atoms in total. The van der Waals surface area contributed by atoms with Crippen LogP contribution in [-0.4, -0.2) is 21.9 Å². The maximum absolute atomic E-state index is 10.5. The van der Waals surface area contributed by atoms with Gasteiger partial charge in [0.15, 0.2) is 0 Å². The van der Waals surface area contributed by atoms with Crippen LogP contribution in [0.4, 0.5) is 0 Å². The van der Waals surface area contributed by atoms with Gasteiger partial charge >= 0.3 is 5.97 Å². The van der Waals surface area contributed by atoms with Crippen molar-refractivity contribution in [3.63, 3.8) is 0 Å². The van der Waals surface area contributed by atoms with Gasteiger partial charge in [0.25, 0.3) is 0 Å². The van der Waals surface area contributed by atoms with Crippen LogP contribution < -0.4 is 5.73 Å². The Kier molecular flexibility index (Phi) is 3.38. The molecule has 0 fully saturated rings. The molecule has 0 heterocycles. The Labute approximate surface area is 72.4 Å². The molecule has 0 radical (unpaired) electrons. The highest BCUT2D eigenvalue weighted by Crippen LogP contribution is 2.21. The van der Waals surface area contributed by atoms with E-state index in [0.717, 1.165) is 0 Å². The van der Waals surface area contributed by atoms with Gasteiger partial charge in [-0.05, 0) is 13.8 Å². The minimum Gasteiger partial charge on any atom is -0.481 e. The summed E-state index contributed by atoms with van der Waals surface area (Å²) < 4.78 is -0.447. The molecule has 0 saturated heterocycles. The zero-order valence-corrected chi connectivity index (χ0v) is 7.93. The van der Waals surface area contributed by atoms with Gasteiger partial charge in [-0.25, -0.2) is 0 Å². The number of rotatable bonds is 3. The van der Waals surface area contributed by atoms with Crippen molar-refractivity contribution >= 4 is 18.6 Å². The third-order valence-electron chi connectivity index (χ3n) is 1.74. The minimum atomic E-state index is -0.875. The van der Waals surface area contributed by atoms with Gasteiger partial charge in [0.2, 0.25) is 0 Å². The predicted octanol–water partition coefficient (Wildman–Crippen LogP) is 0.743. The summed E-state index contributed by atoms with van der Waals surface area (Å²) in [4.78, 5) is 10.5. The van der Waals surface area contributed by atoms with Crippen LogP contribution in [-0.2, 0) is 4.79 Å². The van der Waals surface area contributed by atoms with E-state index >= 15 is 0 Å². The summed E-state index contributed by atoms with van der Waals surface area (Å²) in [5.74, 6) is -1.43. The first-order chi connectivity index (χ1) is 4.76. The van der Waals surface area contributed by atoms with Crippen LogP contribution in [0.2, 0.25) is 0 Å². The molecular weight excluding hydrogens is 162 g/mol. The van der Waals surface area contributed by atoms with Crippen molar-refractivity contribution in [2.24, 2.45) is 11.7 Å². The normalized spacial score (nSPS) is 17.5. The molecule has 0 amide bonds. The Morgan fingerprint density at radius 1 is 1.64 bits per heavy atom. The molecule has 3 N–H and O–H groups in total. The summed E-state index contributed by atoms with van der Waals surface area (Å²) in [6, 6.07) is -0.427. The van der Waals surface area contributed by atoms with Gasteiger partial charge in [0.05, 0.1) is 5.92 Å². The van der Waals surface area contributed by atoms with E-state index in [2.05, 4.69) is 12.6 Å². The number of carbonyl (C=O) groups is 1. The third kappa shape index (κ3) is 3.12. The monoisotopic (exact) mass is 177 g/mol. The lowest BCUT2D eigenvalue weighted by atomic mass is 9.92. The Morgan fingerprint density at radius 2 is 2.00 bits per heavy atom. The molecule has 0 aliphatic rings. The van der Waals surface area contributed by atoms with Crippen molar-refractivity contribution in [2.45, 2.75) is 31.6 Å². The molecule has 0 aliphatic heterocycles. The van der Waals surface area contributed by atoms with E-state index in [9.17, 15) is 4.79 Å². The first-order valence-electron chi connectivity index (χ1n) is 3.47. The molecular formula is C7H15NO2S. The molecule has 1 unspecified atom stereocenters. The van der Waals surface area contributed by atoms with Crippen LogP contribution in [0.25, 0.3) is 0 Å². The predicted molar refractivity (Wildman–Crippen MR) is 47.8 cm³/mol. The standard InChI is InChI=1S/C7H15NO2S/c1-4(6(9)10)5(8)7(2,3)11/h4-5,11H,8H2,1-3H3,(H,9,10)/t4?,5-/m1/s1. The molecule has 2 atom stereocenters. The second-order valence-electron chi connectivity index (χ2n) is 3.31. The van der Waals surface area contributed by atoms with E-state index in [0.29, 0.717) is 0 Å². The molecule has 0 aliphatic carbocycles. The zero-order valence-electron chi connectivity index (χ0n) is 7.03. The molecule has 0 aromatic heterocycles. The molecule has 0 aromatic carbocycles. The van der Waals surface area contributed by atoms with Crippen molar-refractivity contribution in [2.75, 3.05) is 0 Å². The van der Waals surface area contributed by atoms with Crippen LogP contribution in [0, 0.1) is 5.92 Å². The number of thiol groups is 1. The zero-order chi connectivity index (χ0) is 9.23. The van der Waals surface area contributed by atoms with Crippen LogP contribution in [0.5, 0.6) is 0 Å². The fourth-order valence-corrected chi connectivity index (χ4v) is 0.989. The van der Waals surface area contributed by atoms with Gasteiger partial charge < -0.3 is 10.8 Å². The van der Waals surface area contributed by atoms with Crippen molar-refractivity contribution in [3.8, 4) is 0 Å². The largest absolute Gasteiger partial charge is 0.481 e. The van der Waals surface area contributed by atoms with E-state index in [-0.39, 0.29) is 0 Å². The van der Waals surface area contributed by atoms with Gasteiger partial charge in [-0.3, -0.25) is 4.79 Å². The minimum absolute atomic E-state index is 0.427. The average Bonchev–Trinajstić information content (AvgIpc) is 1.82. The van der Waals surface area contributed by atoms with E-state index < -0.39 is 22.7 Å².